The van der Waals surface area contributed by atoms with Crippen LogP contribution in [0.3, 0.4) is 0 Å². The van der Waals surface area contributed by atoms with Gasteiger partial charge in [0.2, 0.25) is 0 Å². The Bertz CT molecular complexity index is 1340. The molecule has 0 spiro atoms. The van der Waals surface area contributed by atoms with Crippen molar-refractivity contribution < 1.29 is 22.2 Å². The monoisotopic (exact) mass is 492 g/mol. The number of nitrogens with one attached hydrogen (secondary N) is 1. The zero-order chi connectivity index (χ0) is 25.0. The molecule has 2 amide bonds. The molecule has 3 aromatic carbocycles. The SMILES string of the molecule is Cc1ccc(C)c(S(=O)(=O)Oc2ccc(C(=O)NCc3cccc(C(=O)N4CCCC4)c3)cc2)c1. The van der Waals surface area contributed by atoms with Crippen molar-refractivity contribution in [3.63, 3.8) is 0 Å². The Hall–Kier alpha value is -3.65. The third-order valence-corrected chi connectivity index (χ3v) is 7.35. The molecule has 0 radical (unpaired) electrons. The number of likely N-dealkylation sites (tertiary alicyclic amines) is 1. The molecule has 3 aromatic rings. The zero-order valence-corrected chi connectivity index (χ0v) is 20.6. The Kier molecular flexibility index (Phi) is 7.21. The highest BCUT2D eigenvalue weighted by atomic mass is 32.2. The first kappa shape index (κ1) is 24.5. The topological polar surface area (TPSA) is 92.8 Å². The summed E-state index contributed by atoms with van der Waals surface area (Å²) in [6, 6.07) is 18.3. The number of hydrogen-bond acceptors (Lipinski definition) is 5. The molecule has 1 saturated heterocycles. The van der Waals surface area contributed by atoms with Crippen LogP contribution >= 0.6 is 0 Å². The first-order valence-electron chi connectivity index (χ1n) is 11.5. The first-order valence-corrected chi connectivity index (χ1v) is 12.9. The first-order chi connectivity index (χ1) is 16.7. The molecule has 1 N–H and O–H groups in total. The van der Waals surface area contributed by atoms with Crippen LogP contribution in [0.2, 0.25) is 0 Å². The van der Waals surface area contributed by atoms with Crippen molar-refractivity contribution in [2.75, 3.05) is 13.1 Å². The average molecular weight is 493 g/mol. The van der Waals surface area contributed by atoms with Gasteiger partial charge in [0, 0.05) is 30.8 Å². The molecule has 0 aliphatic carbocycles. The summed E-state index contributed by atoms with van der Waals surface area (Å²) in [7, 11) is -3.99. The lowest BCUT2D eigenvalue weighted by Crippen LogP contribution is -2.28. The standard InChI is InChI=1S/C27H28N2O5S/c1-19-8-9-20(2)25(16-19)35(32,33)34-24-12-10-22(11-13-24)26(30)28-18-21-6-5-7-23(17-21)27(31)29-14-3-4-15-29/h5-13,16-17H,3-4,14-15,18H2,1-2H3,(H,28,30). The van der Waals surface area contributed by atoms with E-state index in [0.29, 0.717) is 16.7 Å². The van der Waals surface area contributed by atoms with Crippen molar-refractivity contribution in [2.45, 2.75) is 38.1 Å². The smallest absolute Gasteiger partial charge is 0.339 e. The maximum Gasteiger partial charge on any atom is 0.339 e. The van der Waals surface area contributed by atoms with Gasteiger partial charge in [0.1, 0.15) is 10.6 Å². The summed E-state index contributed by atoms with van der Waals surface area (Å²) in [5.41, 5.74) is 3.22. The zero-order valence-electron chi connectivity index (χ0n) is 19.8. The van der Waals surface area contributed by atoms with E-state index >= 15 is 0 Å². The molecular formula is C27H28N2O5S. The second-order valence-corrected chi connectivity index (χ2v) is 10.2. The second-order valence-electron chi connectivity index (χ2n) is 8.71. The Balaban J connectivity index is 1.38. The van der Waals surface area contributed by atoms with Gasteiger partial charge in [0.15, 0.2) is 0 Å². The molecule has 1 heterocycles. The number of aryl methyl sites for hydroxylation is 2. The quantitative estimate of drug-likeness (QED) is 0.498. The average Bonchev–Trinajstić information content (AvgIpc) is 3.39. The molecule has 1 aliphatic rings. The fraction of sp³-hybridized carbons (Fsp3) is 0.259. The summed E-state index contributed by atoms with van der Waals surface area (Å²) in [5, 5.41) is 2.84. The van der Waals surface area contributed by atoms with Crippen LogP contribution in [-0.2, 0) is 16.7 Å². The maximum atomic E-state index is 12.7. The van der Waals surface area contributed by atoms with Crippen LogP contribution in [0.5, 0.6) is 5.75 Å². The highest BCUT2D eigenvalue weighted by Crippen LogP contribution is 2.23. The van der Waals surface area contributed by atoms with E-state index in [9.17, 15) is 18.0 Å². The number of nitrogens with zero attached hydrogens (tertiary/aromatic N) is 1. The van der Waals surface area contributed by atoms with Crippen molar-refractivity contribution in [2.24, 2.45) is 0 Å². The van der Waals surface area contributed by atoms with E-state index in [0.717, 1.165) is 37.1 Å². The fourth-order valence-electron chi connectivity index (χ4n) is 4.01. The molecule has 35 heavy (non-hydrogen) atoms. The molecule has 0 aromatic heterocycles. The normalized spacial score (nSPS) is 13.5. The van der Waals surface area contributed by atoms with E-state index in [4.69, 9.17) is 4.18 Å². The summed E-state index contributed by atoms with van der Waals surface area (Å²) >= 11 is 0. The van der Waals surface area contributed by atoms with Gasteiger partial charge in [-0.05, 0) is 85.8 Å². The fourth-order valence-corrected chi connectivity index (χ4v) is 5.26. The van der Waals surface area contributed by atoms with Gasteiger partial charge >= 0.3 is 10.1 Å². The van der Waals surface area contributed by atoms with E-state index in [-0.39, 0.29) is 29.0 Å². The number of carbonyl (C=O) groups is 2. The van der Waals surface area contributed by atoms with Gasteiger partial charge in [-0.2, -0.15) is 8.42 Å². The van der Waals surface area contributed by atoms with Crippen LogP contribution in [0.1, 0.15) is 50.2 Å². The second kappa shape index (κ2) is 10.3. The number of benzene rings is 3. The minimum Gasteiger partial charge on any atom is -0.379 e. The molecule has 7 nitrogen and oxygen atoms in total. The van der Waals surface area contributed by atoms with E-state index < -0.39 is 10.1 Å². The molecule has 1 fully saturated rings. The summed E-state index contributed by atoms with van der Waals surface area (Å²) in [6.45, 7) is 5.35. The van der Waals surface area contributed by atoms with Gasteiger partial charge in [-0.1, -0.05) is 24.3 Å². The van der Waals surface area contributed by atoms with Crippen LogP contribution in [0, 0.1) is 13.8 Å². The highest BCUT2D eigenvalue weighted by molar-refractivity contribution is 7.87. The molecule has 0 unspecified atom stereocenters. The number of rotatable bonds is 7. The molecule has 182 valence electrons. The van der Waals surface area contributed by atoms with Crippen molar-refractivity contribution in [1.82, 2.24) is 10.2 Å². The minimum atomic E-state index is -3.99. The Morgan fingerprint density at radius 2 is 1.63 bits per heavy atom. The summed E-state index contributed by atoms with van der Waals surface area (Å²) < 4.78 is 30.6. The number of carbonyl (C=O) groups excluding carboxylic acids is 2. The summed E-state index contributed by atoms with van der Waals surface area (Å²) in [5.74, 6) is -0.178. The predicted molar refractivity (Wildman–Crippen MR) is 133 cm³/mol. The van der Waals surface area contributed by atoms with E-state index in [2.05, 4.69) is 5.32 Å². The largest absolute Gasteiger partial charge is 0.379 e. The molecule has 8 heteroatoms. The van der Waals surface area contributed by atoms with Gasteiger partial charge in [-0.15, -0.1) is 0 Å². The number of amides is 2. The summed E-state index contributed by atoms with van der Waals surface area (Å²) in [4.78, 5) is 27.2. The lowest BCUT2D eigenvalue weighted by atomic mass is 10.1. The minimum absolute atomic E-state index is 0.0158. The van der Waals surface area contributed by atoms with Gasteiger partial charge in [-0.25, -0.2) is 0 Å². The van der Waals surface area contributed by atoms with E-state index in [1.165, 1.54) is 24.3 Å². The molecule has 0 saturated carbocycles. The van der Waals surface area contributed by atoms with Crippen molar-refractivity contribution in [3.05, 3.63) is 94.5 Å². The maximum absolute atomic E-state index is 12.7. The van der Waals surface area contributed by atoms with Crippen LogP contribution < -0.4 is 9.50 Å². The lowest BCUT2D eigenvalue weighted by molar-refractivity contribution is 0.0792. The molecule has 0 bridgehead atoms. The van der Waals surface area contributed by atoms with E-state index in [1.807, 2.05) is 30.0 Å². The Labute approximate surface area is 205 Å². The van der Waals surface area contributed by atoms with Gasteiger partial charge < -0.3 is 14.4 Å². The van der Waals surface area contributed by atoms with Gasteiger partial charge in [0.25, 0.3) is 11.8 Å². The molecule has 4 rings (SSSR count). The highest BCUT2D eigenvalue weighted by Gasteiger charge is 2.21. The molecular weight excluding hydrogens is 464 g/mol. The van der Waals surface area contributed by atoms with Crippen LogP contribution in [0.4, 0.5) is 0 Å². The predicted octanol–water partition coefficient (Wildman–Crippen LogP) is 4.24. The van der Waals surface area contributed by atoms with Crippen molar-refractivity contribution >= 4 is 21.9 Å². The Morgan fingerprint density at radius 1 is 0.914 bits per heavy atom. The third kappa shape index (κ3) is 5.89. The van der Waals surface area contributed by atoms with Crippen LogP contribution in [0.15, 0.2) is 71.6 Å². The van der Waals surface area contributed by atoms with Gasteiger partial charge in [-0.3, -0.25) is 9.59 Å². The lowest BCUT2D eigenvalue weighted by Gasteiger charge is -2.15. The number of hydrogen-bond donors (Lipinski definition) is 1. The molecule has 1 aliphatic heterocycles. The summed E-state index contributed by atoms with van der Waals surface area (Å²) in [6.07, 6.45) is 2.06. The van der Waals surface area contributed by atoms with Crippen LogP contribution in [-0.4, -0.2) is 38.2 Å². The van der Waals surface area contributed by atoms with Crippen LogP contribution in [0.25, 0.3) is 0 Å². The van der Waals surface area contributed by atoms with Crippen molar-refractivity contribution in [1.29, 1.82) is 0 Å². The van der Waals surface area contributed by atoms with E-state index in [1.54, 1.807) is 31.2 Å². The van der Waals surface area contributed by atoms with Gasteiger partial charge in [0.05, 0.1) is 0 Å². The van der Waals surface area contributed by atoms with Crippen molar-refractivity contribution in [3.8, 4) is 5.75 Å². The third-order valence-electron chi connectivity index (χ3n) is 5.96. The Morgan fingerprint density at radius 3 is 2.34 bits per heavy atom. The molecule has 0 atom stereocenters.